The molecule has 0 unspecified atom stereocenters. The molecule has 1 aliphatic rings. The molecule has 1 aromatic carbocycles. The SMILES string of the molecule is CC1CCN(S(=O)(=O)c2ccc(C(=O)Nc3nnc(C(C)(C)C)s3)cc2)CC1. The topological polar surface area (TPSA) is 92.3 Å². The number of anilines is 1. The van der Waals surface area contributed by atoms with Crippen molar-refractivity contribution >= 4 is 32.4 Å². The van der Waals surface area contributed by atoms with E-state index in [2.05, 4.69) is 22.4 Å². The van der Waals surface area contributed by atoms with Gasteiger partial charge in [0, 0.05) is 24.1 Å². The second-order valence-corrected chi connectivity index (χ2v) is 11.1. The highest BCUT2D eigenvalue weighted by molar-refractivity contribution is 7.89. The summed E-state index contributed by atoms with van der Waals surface area (Å²) in [6, 6.07) is 6.03. The monoisotopic (exact) mass is 422 g/mol. The smallest absolute Gasteiger partial charge is 0.257 e. The molecular formula is C19H26N4O3S2. The molecule has 1 aromatic heterocycles. The van der Waals surface area contributed by atoms with Gasteiger partial charge < -0.3 is 0 Å². The number of piperidine rings is 1. The number of carbonyl (C=O) groups is 1. The maximum Gasteiger partial charge on any atom is 0.257 e. The molecule has 0 spiro atoms. The van der Waals surface area contributed by atoms with Crippen molar-refractivity contribution in [2.45, 2.75) is 50.8 Å². The lowest BCUT2D eigenvalue weighted by Gasteiger charge is -2.29. The molecule has 9 heteroatoms. The van der Waals surface area contributed by atoms with Gasteiger partial charge in [-0.2, -0.15) is 4.31 Å². The number of hydrogen-bond acceptors (Lipinski definition) is 6. The van der Waals surface area contributed by atoms with Crippen molar-refractivity contribution in [1.29, 1.82) is 0 Å². The zero-order chi connectivity index (χ0) is 20.5. The fraction of sp³-hybridized carbons (Fsp3) is 0.526. The molecule has 2 aromatic rings. The minimum atomic E-state index is -3.52. The van der Waals surface area contributed by atoms with E-state index in [0.29, 0.717) is 29.7 Å². The van der Waals surface area contributed by atoms with E-state index in [1.165, 1.54) is 39.9 Å². The lowest BCUT2D eigenvalue weighted by Crippen LogP contribution is -2.37. The number of aromatic nitrogens is 2. The second-order valence-electron chi connectivity index (χ2n) is 8.23. The van der Waals surface area contributed by atoms with Gasteiger partial charge in [-0.25, -0.2) is 8.42 Å². The first-order valence-corrected chi connectivity index (χ1v) is 11.6. The lowest BCUT2D eigenvalue weighted by atomic mass is 9.98. The van der Waals surface area contributed by atoms with Crippen LogP contribution in [0.1, 0.15) is 55.9 Å². The van der Waals surface area contributed by atoms with Crippen LogP contribution in [0.5, 0.6) is 0 Å². The normalized spacial score (nSPS) is 16.9. The highest BCUT2D eigenvalue weighted by Gasteiger charge is 2.28. The third-order valence-corrected chi connectivity index (χ3v) is 7.96. The second kappa shape index (κ2) is 7.88. The van der Waals surface area contributed by atoms with Crippen LogP contribution in [0.15, 0.2) is 29.2 Å². The van der Waals surface area contributed by atoms with Crippen LogP contribution in [0.25, 0.3) is 0 Å². The Balaban J connectivity index is 1.70. The predicted molar refractivity (Wildman–Crippen MR) is 110 cm³/mol. The summed E-state index contributed by atoms with van der Waals surface area (Å²) in [5, 5.41) is 12.1. The Morgan fingerprint density at radius 1 is 1.14 bits per heavy atom. The van der Waals surface area contributed by atoms with Gasteiger partial charge in [-0.1, -0.05) is 39.0 Å². The van der Waals surface area contributed by atoms with E-state index < -0.39 is 10.0 Å². The first kappa shape index (κ1) is 20.9. The van der Waals surface area contributed by atoms with Gasteiger partial charge in [0.15, 0.2) is 0 Å². The van der Waals surface area contributed by atoms with E-state index in [9.17, 15) is 13.2 Å². The van der Waals surface area contributed by atoms with Crippen molar-refractivity contribution in [3.8, 4) is 0 Å². The molecule has 1 N–H and O–H groups in total. The molecule has 28 heavy (non-hydrogen) atoms. The molecule has 0 radical (unpaired) electrons. The van der Waals surface area contributed by atoms with Crippen molar-refractivity contribution in [3.63, 3.8) is 0 Å². The largest absolute Gasteiger partial charge is 0.296 e. The number of carbonyl (C=O) groups excluding carboxylic acids is 1. The van der Waals surface area contributed by atoms with Crippen LogP contribution >= 0.6 is 11.3 Å². The molecular weight excluding hydrogens is 396 g/mol. The molecule has 1 saturated heterocycles. The van der Waals surface area contributed by atoms with E-state index in [4.69, 9.17) is 0 Å². The number of nitrogens with zero attached hydrogens (tertiary/aromatic N) is 3. The van der Waals surface area contributed by atoms with Crippen LogP contribution in [0.4, 0.5) is 5.13 Å². The van der Waals surface area contributed by atoms with Gasteiger partial charge >= 0.3 is 0 Å². The van der Waals surface area contributed by atoms with Gasteiger partial charge in [0.25, 0.3) is 5.91 Å². The minimum absolute atomic E-state index is 0.136. The fourth-order valence-corrected chi connectivity index (χ4v) is 5.16. The Labute approximate surface area is 170 Å². The zero-order valence-electron chi connectivity index (χ0n) is 16.6. The number of hydrogen-bond donors (Lipinski definition) is 1. The van der Waals surface area contributed by atoms with Crippen molar-refractivity contribution in [3.05, 3.63) is 34.8 Å². The Kier molecular flexibility index (Phi) is 5.88. The summed E-state index contributed by atoms with van der Waals surface area (Å²) < 4.78 is 27.1. The molecule has 2 heterocycles. The van der Waals surface area contributed by atoms with Gasteiger partial charge in [0.1, 0.15) is 5.01 Å². The van der Waals surface area contributed by atoms with Crippen molar-refractivity contribution in [2.75, 3.05) is 18.4 Å². The lowest BCUT2D eigenvalue weighted by molar-refractivity contribution is 0.102. The summed E-state index contributed by atoms with van der Waals surface area (Å²) in [6.07, 6.45) is 1.75. The fourth-order valence-electron chi connectivity index (χ4n) is 2.90. The Morgan fingerprint density at radius 3 is 2.29 bits per heavy atom. The maximum absolute atomic E-state index is 12.8. The van der Waals surface area contributed by atoms with E-state index in [1.807, 2.05) is 20.8 Å². The van der Waals surface area contributed by atoms with Crippen LogP contribution in [-0.2, 0) is 15.4 Å². The van der Waals surface area contributed by atoms with Crippen LogP contribution < -0.4 is 5.32 Å². The predicted octanol–water partition coefficient (Wildman–Crippen LogP) is 3.51. The Morgan fingerprint density at radius 2 is 1.75 bits per heavy atom. The van der Waals surface area contributed by atoms with E-state index in [0.717, 1.165) is 17.8 Å². The van der Waals surface area contributed by atoms with E-state index in [-0.39, 0.29) is 16.2 Å². The quantitative estimate of drug-likeness (QED) is 0.814. The Bertz CT molecular complexity index is 938. The highest BCUT2D eigenvalue weighted by Crippen LogP contribution is 2.28. The summed E-state index contributed by atoms with van der Waals surface area (Å²) in [6.45, 7) is 9.31. The van der Waals surface area contributed by atoms with Gasteiger partial charge in [-0.15, -0.1) is 10.2 Å². The summed E-state index contributed by atoms with van der Waals surface area (Å²) in [4.78, 5) is 12.7. The number of nitrogens with one attached hydrogen (secondary N) is 1. The maximum atomic E-state index is 12.8. The number of amides is 1. The third-order valence-electron chi connectivity index (χ3n) is 4.78. The number of sulfonamides is 1. The van der Waals surface area contributed by atoms with Crippen LogP contribution in [0, 0.1) is 5.92 Å². The molecule has 1 amide bonds. The van der Waals surface area contributed by atoms with Gasteiger partial charge in [0.2, 0.25) is 15.2 Å². The van der Waals surface area contributed by atoms with Gasteiger partial charge in [0.05, 0.1) is 4.90 Å². The van der Waals surface area contributed by atoms with Crippen LogP contribution in [0.2, 0.25) is 0 Å². The molecule has 1 fully saturated rings. The van der Waals surface area contributed by atoms with Crippen molar-refractivity contribution in [2.24, 2.45) is 5.92 Å². The summed E-state index contributed by atoms with van der Waals surface area (Å²) in [5.41, 5.74) is 0.238. The highest BCUT2D eigenvalue weighted by atomic mass is 32.2. The van der Waals surface area contributed by atoms with E-state index >= 15 is 0 Å². The molecule has 0 aliphatic carbocycles. The summed E-state index contributed by atoms with van der Waals surface area (Å²) in [7, 11) is -3.52. The summed E-state index contributed by atoms with van der Waals surface area (Å²) in [5.74, 6) is 0.212. The molecule has 0 saturated carbocycles. The molecule has 152 valence electrons. The molecule has 0 atom stereocenters. The zero-order valence-corrected chi connectivity index (χ0v) is 18.2. The third kappa shape index (κ3) is 4.59. The average Bonchev–Trinajstić information content (AvgIpc) is 3.11. The Hall–Kier alpha value is -1.84. The van der Waals surface area contributed by atoms with Crippen LogP contribution in [-0.4, -0.2) is 41.9 Å². The minimum Gasteiger partial charge on any atom is -0.296 e. The molecule has 3 rings (SSSR count). The van der Waals surface area contributed by atoms with Gasteiger partial charge in [-0.05, 0) is 43.0 Å². The van der Waals surface area contributed by atoms with Gasteiger partial charge in [-0.3, -0.25) is 10.1 Å². The number of rotatable bonds is 4. The van der Waals surface area contributed by atoms with Crippen LogP contribution in [0.3, 0.4) is 0 Å². The van der Waals surface area contributed by atoms with E-state index in [1.54, 1.807) is 0 Å². The number of benzene rings is 1. The average molecular weight is 423 g/mol. The molecule has 1 aliphatic heterocycles. The first-order chi connectivity index (χ1) is 13.1. The standard InChI is InChI=1S/C19H26N4O3S2/c1-13-9-11-23(12-10-13)28(25,26)15-7-5-14(6-8-15)16(24)20-18-22-21-17(27-18)19(2,3)4/h5-8,13H,9-12H2,1-4H3,(H,20,22,24). The van der Waals surface area contributed by atoms with Crippen molar-refractivity contribution in [1.82, 2.24) is 14.5 Å². The van der Waals surface area contributed by atoms with Crippen molar-refractivity contribution < 1.29 is 13.2 Å². The molecule has 0 bridgehead atoms. The summed E-state index contributed by atoms with van der Waals surface area (Å²) >= 11 is 1.33. The first-order valence-electron chi connectivity index (χ1n) is 9.33. The molecule has 7 nitrogen and oxygen atoms in total.